The Bertz CT molecular complexity index is 2140. The minimum atomic E-state index is 0.718. The number of benzene rings is 6. The Morgan fingerprint density at radius 1 is 0.349 bits per heavy atom. The molecular weight excluding hydrogens is 522 g/mol. The minimum Gasteiger partial charge on any atom is -0.309 e. The molecule has 0 fully saturated rings. The molecule has 0 spiro atoms. The maximum atomic E-state index is 5.10. The summed E-state index contributed by atoms with van der Waals surface area (Å²) in [5.41, 5.74) is 10.8. The molecule has 2 aromatic heterocycles. The van der Waals surface area contributed by atoms with Crippen LogP contribution in [-0.2, 0) is 0 Å². The highest BCUT2D eigenvalue weighted by molar-refractivity contribution is 6.11. The molecule has 0 unspecified atom stereocenters. The summed E-state index contributed by atoms with van der Waals surface area (Å²) < 4.78 is 2.36. The van der Waals surface area contributed by atoms with Gasteiger partial charge in [-0.2, -0.15) is 0 Å². The van der Waals surface area contributed by atoms with Gasteiger partial charge < -0.3 is 4.57 Å². The van der Waals surface area contributed by atoms with Crippen LogP contribution in [-0.4, -0.2) is 14.5 Å². The first-order valence-electron chi connectivity index (χ1n) is 14.5. The molecule has 8 aromatic rings. The van der Waals surface area contributed by atoms with Crippen LogP contribution in [0.3, 0.4) is 0 Å². The molecule has 202 valence electrons. The summed E-state index contributed by atoms with van der Waals surface area (Å²) in [5, 5.41) is 2.40. The van der Waals surface area contributed by atoms with Gasteiger partial charge in [0.15, 0.2) is 5.82 Å². The van der Waals surface area contributed by atoms with E-state index < -0.39 is 0 Å². The summed E-state index contributed by atoms with van der Waals surface area (Å²) in [6, 6.07) is 57.3. The van der Waals surface area contributed by atoms with Crippen molar-refractivity contribution in [2.45, 2.75) is 0 Å². The number of nitrogens with zero attached hydrogens (tertiary/aromatic N) is 3. The van der Waals surface area contributed by atoms with E-state index in [0.717, 1.165) is 45.1 Å². The first-order chi connectivity index (χ1) is 21.3. The fourth-order valence-corrected chi connectivity index (χ4v) is 5.92. The van der Waals surface area contributed by atoms with Crippen LogP contribution in [0.1, 0.15) is 0 Å². The summed E-state index contributed by atoms with van der Waals surface area (Å²) in [7, 11) is 0. The number of rotatable bonds is 5. The predicted octanol–water partition coefficient (Wildman–Crippen LogP) is 10.2. The molecule has 0 saturated carbocycles. The van der Waals surface area contributed by atoms with E-state index in [9.17, 15) is 0 Å². The van der Waals surface area contributed by atoms with Crippen molar-refractivity contribution in [2.24, 2.45) is 0 Å². The van der Waals surface area contributed by atoms with Crippen LogP contribution in [0.15, 0.2) is 164 Å². The summed E-state index contributed by atoms with van der Waals surface area (Å²) in [5.74, 6) is 0.718. The van der Waals surface area contributed by atoms with E-state index in [1.54, 1.807) is 0 Å². The van der Waals surface area contributed by atoms with Gasteiger partial charge in [0.25, 0.3) is 0 Å². The summed E-state index contributed by atoms with van der Waals surface area (Å²) >= 11 is 0. The van der Waals surface area contributed by atoms with E-state index in [4.69, 9.17) is 9.97 Å². The second-order valence-electron chi connectivity index (χ2n) is 10.7. The van der Waals surface area contributed by atoms with Gasteiger partial charge in [-0.3, -0.25) is 0 Å². The summed E-state index contributed by atoms with van der Waals surface area (Å²) in [6.07, 6.45) is 0. The number of aromatic nitrogens is 3. The Labute approximate surface area is 250 Å². The topological polar surface area (TPSA) is 30.7 Å². The van der Waals surface area contributed by atoms with Crippen molar-refractivity contribution in [3.8, 4) is 50.7 Å². The van der Waals surface area contributed by atoms with Gasteiger partial charge in [0.05, 0.1) is 22.4 Å². The predicted molar refractivity (Wildman–Crippen MR) is 178 cm³/mol. The van der Waals surface area contributed by atoms with Crippen molar-refractivity contribution in [3.63, 3.8) is 0 Å². The van der Waals surface area contributed by atoms with Crippen molar-refractivity contribution in [3.05, 3.63) is 164 Å². The fourth-order valence-electron chi connectivity index (χ4n) is 5.92. The van der Waals surface area contributed by atoms with E-state index in [2.05, 4.69) is 132 Å². The fraction of sp³-hybridized carbons (Fsp3) is 0. The van der Waals surface area contributed by atoms with Gasteiger partial charge >= 0.3 is 0 Å². The second-order valence-corrected chi connectivity index (χ2v) is 10.7. The third kappa shape index (κ3) is 4.58. The van der Waals surface area contributed by atoms with Gasteiger partial charge in [0.2, 0.25) is 0 Å². The maximum Gasteiger partial charge on any atom is 0.160 e. The van der Waals surface area contributed by atoms with Crippen LogP contribution in [0, 0.1) is 0 Å². The third-order valence-corrected chi connectivity index (χ3v) is 8.01. The quantitative estimate of drug-likeness (QED) is 0.214. The normalized spacial score (nSPS) is 11.3. The lowest BCUT2D eigenvalue weighted by Gasteiger charge is -2.10. The highest BCUT2D eigenvalue weighted by atomic mass is 15.0. The minimum absolute atomic E-state index is 0.718. The van der Waals surface area contributed by atoms with Crippen LogP contribution in [0.5, 0.6) is 0 Å². The van der Waals surface area contributed by atoms with Crippen LogP contribution < -0.4 is 0 Å². The van der Waals surface area contributed by atoms with Gasteiger partial charge in [-0.1, -0.05) is 121 Å². The van der Waals surface area contributed by atoms with Crippen molar-refractivity contribution in [1.29, 1.82) is 0 Å². The van der Waals surface area contributed by atoms with E-state index in [-0.39, 0.29) is 0 Å². The first-order valence-corrected chi connectivity index (χ1v) is 14.5. The second kappa shape index (κ2) is 10.6. The Balaban J connectivity index is 1.37. The summed E-state index contributed by atoms with van der Waals surface area (Å²) in [6.45, 7) is 0. The van der Waals surface area contributed by atoms with E-state index in [1.807, 2.05) is 36.4 Å². The van der Waals surface area contributed by atoms with Crippen molar-refractivity contribution in [1.82, 2.24) is 14.5 Å². The summed E-state index contributed by atoms with van der Waals surface area (Å²) in [4.78, 5) is 10.1. The molecule has 0 amide bonds. The van der Waals surface area contributed by atoms with Crippen LogP contribution in [0.4, 0.5) is 0 Å². The highest BCUT2D eigenvalue weighted by Crippen LogP contribution is 2.37. The Morgan fingerprint density at radius 2 is 0.814 bits per heavy atom. The lowest BCUT2D eigenvalue weighted by molar-refractivity contribution is 1.18. The molecule has 0 aliphatic heterocycles. The molecule has 2 heterocycles. The van der Waals surface area contributed by atoms with Gasteiger partial charge in [-0.05, 0) is 53.6 Å². The molecule has 43 heavy (non-hydrogen) atoms. The van der Waals surface area contributed by atoms with Crippen LogP contribution in [0.2, 0.25) is 0 Å². The molecule has 0 aliphatic carbocycles. The Kier molecular flexibility index (Phi) is 6.12. The monoisotopic (exact) mass is 549 g/mol. The molecule has 0 atom stereocenters. The average molecular weight is 550 g/mol. The zero-order valence-corrected chi connectivity index (χ0v) is 23.4. The molecule has 3 nitrogen and oxygen atoms in total. The standard InChI is InChI=1S/C40H27N3/c1-5-13-28(14-6-1)31-21-23-38-34(25-31)35-26-32(22-24-39(35)43(38)33-19-11-4-12-20-33)37-27-36(29-15-7-2-8-16-29)41-40(42-37)30-17-9-3-10-18-30/h1-27H. The van der Waals surface area contributed by atoms with Gasteiger partial charge in [0.1, 0.15) is 0 Å². The SMILES string of the molecule is c1ccc(-c2ccc3c(c2)c2cc(-c4cc(-c5ccccc5)nc(-c5ccccc5)n4)ccc2n3-c2ccccc2)cc1. The van der Waals surface area contributed by atoms with Gasteiger partial charge in [0, 0.05) is 33.2 Å². The van der Waals surface area contributed by atoms with E-state index in [0.29, 0.717) is 0 Å². The van der Waals surface area contributed by atoms with Crippen molar-refractivity contribution < 1.29 is 0 Å². The van der Waals surface area contributed by atoms with Gasteiger partial charge in [-0.25, -0.2) is 9.97 Å². The molecule has 3 heteroatoms. The van der Waals surface area contributed by atoms with E-state index >= 15 is 0 Å². The van der Waals surface area contributed by atoms with Crippen molar-refractivity contribution >= 4 is 21.8 Å². The largest absolute Gasteiger partial charge is 0.309 e. The molecule has 8 rings (SSSR count). The van der Waals surface area contributed by atoms with Crippen LogP contribution in [0.25, 0.3) is 72.5 Å². The van der Waals surface area contributed by atoms with Crippen LogP contribution >= 0.6 is 0 Å². The smallest absolute Gasteiger partial charge is 0.160 e. The number of hydrogen-bond acceptors (Lipinski definition) is 2. The molecule has 6 aromatic carbocycles. The molecule has 0 aliphatic rings. The maximum absolute atomic E-state index is 5.10. The van der Waals surface area contributed by atoms with Crippen molar-refractivity contribution in [2.75, 3.05) is 0 Å². The zero-order chi connectivity index (χ0) is 28.6. The van der Waals surface area contributed by atoms with Gasteiger partial charge in [-0.15, -0.1) is 0 Å². The Hall–Kier alpha value is -5.80. The number of hydrogen-bond donors (Lipinski definition) is 0. The molecular formula is C40H27N3. The average Bonchev–Trinajstić information content (AvgIpc) is 3.42. The Morgan fingerprint density at radius 3 is 1.42 bits per heavy atom. The molecule has 0 N–H and O–H groups in total. The zero-order valence-electron chi connectivity index (χ0n) is 23.4. The number of fused-ring (bicyclic) bond motifs is 3. The highest BCUT2D eigenvalue weighted by Gasteiger charge is 2.16. The third-order valence-electron chi connectivity index (χ3n) is 8.01. The molecule has 0 bridgehead atoms. The lowest BCUT2D eigenvalue weighted by Crippen LogP contribution is -1.96. The molecule has 0 saturated heterocycles. The van der Waals surface area contributed by atoms with E-state index in [1.165, 1.54) is 27.4 Å². The number of para-hydroxylation sites is 1. The lowest BCUT2D eigenvalue weighted by atomic mass is 10.0. The first kappa shape index (κ1) is 25.0. The molecule has 0 radical (unpaired) electrons.